The van der Waals surface area contributed by atoms with E-state index in [2.05, 4.69) is 25.1 Å². The van der Waals surface area contributed by atoms with E-state index in [1.54, 1.807) is 17.5 Å². The van der Waals surface area contributed by atoms with Gasteiger partial charge < -0.3 is 4.90 Å². The van der Waals surface area contributed by atoms with Crippen molar-refractivity contribution in [2.45, 2.75) is 25.1 Å². The van der Waals surface area contributed by atoms with Gasteiger partial charge in [-0.2, -0.15) is 18.3 Å². The van der Waals surface area contributed by atoms with E-state index in [4.69, 9.17) is 0 Å². The number of halogens is 3. The van der Waals surface area contributed by atoms with Crippen LogP contribution in [-0.2, 0) is 6.18 Å². The van der Waals surface area contributed by atoms with E-state index in [-0.39, 0.29) is 6.04 Å². The van der Waals surface area contributed by atoms with Crippen molar-refractivity contribution >= 4 is 17.3 Å². The van der Waals surface area contributed by atoms with Gasteiger partial charge in [-0.25, -0.2) is 9.97 Å². The quantitative estimate of drug-likeness (QED) is 0.679. The van der Waals surface area contributed by atoms with Crippen LogP contribution in [-0.4, -0.2) is 26.7 Å². The predicted molar refractivity (Wildman–Crippen MR) is 91.7 cm³/mol. The van der Waals surface area contributed by atoms with Crippen LogP contribution in [0.4, 0.5) is 19.1 Å². The number of hydrogen-bond donors (Lipinski definition) is 0. The van der Waals surface area contributed by atoms with Gasteiger partial charge in [0.05, 0.1) is 23.5 Å². The summed E-state index contributed by atoms with van der Waals surface area (Å²) in [5, 5.41) is 11.1. The van der Waals surface area contributed by atoms with E-state index >= 15 is 0 Å². The van der Waals surface area contributed by atoms with Gasteiger partial charge in [-0.05, 0) is 25.0 Å². The van der Waals surface area contributed by atoms with Crippen molar-refractivity contribution in [2.75, 3.05) is 11.4 Å². The number of anilines is 1. The molecule has 1 saturated heterocycles. The molecule has 1 fully saturated rings. The van der Waals surface area contributed by atoms with E-state index in [0.29, 0.717) is 17.2 Å². The summed E-state index contributed by atoms with van der Waals surface area (Å²) in [7, 11) is 0. The molecular formula is C17H14F3N5S. The first kappa shape index (κ1) is 16.9. The van der Waals surface area contributed by atoms with Gasteiger partial charge in [0, 0.05) is 23.7 Å². The van der Waals surface area contributed by atoms with Crippen molar-refractivity contribution in [1.82, 2.24) is 20.2 Å². The fraction of sp³-hybridized carbons (Fsp3) is 0.294. The molecule has 3 aromatic rings. The lowest BCUT2D eigenvalue weighted by Crippen LogP contribution is -2.25. The van der Waals surface area contributed by atoms with Crippen LogP contribution in [0.5, 0.6) is 0 Å². The third kappa shape index (κ3) is 3.26. The maximum atomic E-state index is 12.7. The highest BCUT2D eigenvalue weighted by Gasteiger charge is 2.31. The van der Waals surface area contributed by atoms with Crippen molar-refractivity contribution < 1.29 is 13.2 Å². The van der Waals surface area contributed by atoms with E-state index in [0.717, 1.165) is 36.5 Å². The van der Waals surface area contributed by atoms with Crippen LogP contribution in [0.2, 0.25) is 0 Å². The average Bonchev–Trinajstić information content (AvgIpc) is 3.32. The molecule has 4 rings (SSSR count). The second kappa shape index (κ2) is 6.64. The molecule has 3 heterocycles. The molecule has 1 aliphatic heterocycles. The number of benzene rings is 1. The van der Waals surface area contributed by atoms with Crippen molar-refractivity contribution in [2.24, 2.45) is 0 Å². The summed E-state index contributed by atoms with van der Waals surface area (Å²) >= 11 is 1.59. The van der Waals surface area contributed by atoms with Crippen LogP contribution in [0, 0.1) is 0 Å². The zero-order valence-electron chi connectivity index (χ0n) is 13.5. The van der Waals surface area contributed by atoms with Gasteiger partial charge in [-0.15, -0.1) is 16.4 Å². The van der Waals surface area contributed by atoms with Crippen molar-refractivity contribution in [1.29, 1.82) is 0 Å². The van der Waals surface area contributed by atoms with Crippen LogP contribution < -0.4 is 4.90 Å². The third-order valence-electron chi connectivity index (χ3n) is 4.30. The summed E-state index contributed by atoms with van der Waals surface area (Å²) < 4.78 is 38.2. The number of alkyl halides is 3. The van der Waals surface area contributed by atoms with Gasteiger partial charge in [-0.1, -0.05) is 12.1 Å². The summed E-state index contributed by atoms with van der Waals surface area (Å²) in [5.41, 5.74) is 0.375. The maximum absolute atomic E-state index is 12.7. The molecule has 0 radical (unpaired) electrons. The lowest BCUT2D eigenvalue weighted by atomic mass is 10.1. The first-order chi connectivity index (χ1) is 12.5. The highest BCUT2D eigenvalue weighted by molar-refractivity contribution is 7.09. The van der Waals surface area contributed by atoms with Crippen LogP contribution in [0.3, 0.4) is 0 Å². The fourth-order valence-electron chi connectivity index (χ4n) is 3.05. The molecule has 0 saturated carbocycles. The number of aromatic nitrogens is 4. The monoisotopic (exact) mass is 377 g/mol. The topological polar surface area (TPSA) is 54.8 Å². The van der Waals surface area contributed by atoms with Gasteiger partial charge in [-0.3, -0.25) is 0 Å². The van der Waals surface area contributed by atoms with Crippen LogP contribution in [0.1, 0.15) is 29.5 Å². The molecular weight excluding hydrogens is 363 g/mol. The molecule has 0 N–H and O–H groups in total. The van der Waals surface area contributed by atoms with E-state index < -0.39 is 11.7 Å². The van der Waals surface area contributed by atoms with Gasteiger partial charge in [0.15, 0.2) is 0 Å². The van der Waals surface area contributed by atoms with E-state index in [9.17, 15) is 13.2 Å². The smallest absolute Gasteiger partial charge is 0.330 e. The molecule has 1 aliphatic rings. The summed E-state index contributed by atoms with van der Waals surface area (Å²) in [6, 6.07) is 5.01. The standard InChI is InChI=1S/C17H14F3N5S/c18-17(19,20)12-5-3-11(4-6-12)13-10-22-24-16(23-13)25-8-1-2-14(25)15-21-7-9-26-15/h3-7,9-10,14H,1-2,8H2. The Bertz CT molecular complexity index is 880. The minimum Gasteiger partial charge on any atom is -0.330 e. The number of rotatable bonds is 3. The van der Waals surface area contributed by atoms with E-state index in [1.165, 1.54) is 18.3 Å². The van der Waals surface area contributed by atoms with Gasteiger partial charge in [0.1, 0.15) is 5.01 Å². The van der Waals surface area contributed by atoms with Gasteiger partial charge in [0.25, 0.3) is 0 Å². The number of nitrogens with zero attached hydrogens (tertiary/aromatic N) is 5. The lowest BCUT2D eigenvalue weighted by molar-refractivity contribution is -0.137. The first-order valence-corrected chi connectivity index (χ1v) is 8.94. The number of hydrogen-bond acceptors (Lipinski definition) is 6. The molecule has 0 bridgehead atoms. The zero-order chi connectivity index (χ0) is 18.1. The summed E-state index contributed by atoms with van der Waals surface area (Å²) in [6.07, 6.45) is 0.832. The SMILES string of the molecule is FC(F)(F)c1ccc(-c2cnnc(N3CCCC3c3nccs3)n2)cc1. The second-order valence-corrected chi connectivity index (χ2v) is 6.86. The lowest BCUT2D eigenvalue weighted by Gasteiger charge is -2.22. The fourth-order valence-corrected chi connectivity index (χ4v) is 3.83. The molecule has 0 aliphatic carbocycles. The molecule has 26 heavy (non-hydrogen) atoms. The Labute approximate surface area is 151 Å². The Balaban J connectivity index is 1.63. The minimum absolute atomic E-state index is 0.111. The zero-order valence-corrected chi connectivity index (χ0v) is 14.3. The van der Waals surface area contributed by atoms with E-state index in [1.807, 2.05) is 5.38 Å². The first-order valence-electron chi connectivity index (χ1n) is 8.06. The predicted octanol–water partition coefficient (Wildman–Crippen LogP) is 4.36. The molecule has 1 unspecified atom stereocenters. The van der Waals surface area contributed by atoms with Crippen LogP contribution in [0.25, 0.3) is 11.3 Å². The Kier molecular flexibility index (Phi) is 4.31. The largest absolute Gasteiger partial charge is 0.416 e. The Morgan fingerprint density at radius 2 is 1.96 bits per heavy atom. The molecule has 9 heteroatoms. The highest BCUT2D eigenvalue weighted by atomic mass is 32.1. The molecule has 1 aromatic carbocycles. The highest BCUT2D eigenvalue weighted by Crippen LogP contribution is 2.36. The van der Waals surface area contributed by atoms with Crippen LogP contribution in [0.15, 0.2) is 42.0 Å². The van der Waals surface area contributed by atoms with Gasteiger partial charge >= 0.3 is 6.18 Å². The molecule has 1 atom stereocenters. The van der Waals surface area contributed by atoms with Crippen molar-refractivity contribution in [3.05, 3.63) is 52.6 Å². The Morgan fingerprint density at radius 1 is 1.15 bits per heavy atom. The van der Waals surface area contributed by atoms with Crippen LogP contribution >= 0.6 is 11.3 Å². The van der Waals surface area contributed by atoms with Crippen molar-refractivity contribution in [3.8, 4) is 11.3 Å². The summed E-state index contributed by atoms with van der Waals surface area (Å²) in [4.78, 5) is 11.0. The number of thiazole rings is 1. The third-order valence-corrected chi connectivity index (χ3v) is 5.18. The average molecular weight is 377 g/mol. The second-order valence-electron chi connectivity index (χ2n) is 5.94. The van der Waals surface area contributed by atoms with Crippen molar-refractivity contribution in [3.63, 3.8) is 0 Å². The normalized spacial score (nSPS) is 17.7. The summed E-state index contributed by atoms with van der Waals surface area (Å²) in [6.45, 7) is 0.794. The Morgan fingerprint density at radius 3 is 2.65 bits per heavy atom. The minimum atomic E-state index is -4.36. The molecule has 0 spiro atoms. The molecule has 0 amide bonds. The molecule has 134 valence electrons. The Hall–Kier alpha value is -2.55. The maximum Gasteiger partial charge on any atom is 0.416 e. The summed E-state index contributed by atoms with van der Waals surface area (Å²) in [5.74, 6) is 0.472. The molecule has 2 aromatic heterocycles. The molecule has 5 nitrogen and oxygen atoms in total. The van der Waals surface area contributed by atoms with Gasteiger partial charge in [0.2, 0.25) is 5.95 Å².